The summed E-state index contributed by atoms with van der Waals surface area (Å²) in [6, 6.07) is 14.0. The molecule has 46 heavy (non-hydrogen) atoms. The minimum absolute atomic E-state index is 0.131. The summed E-state index contributed by atoms with van der Waals surface area (Å²) >= 11 is 0. The monoisotopic (exact) mass is 656 g/mol. The minimum Gasteiger partial charge on any atom is -0.497 e. The Labute approximate surface area is 275 Å². The summed E-state index contributed by atoms with van der Waals surface area (Å²) in [5, 5.41) is 6.15. The van der Waals surface area contributed by atoms with Crippen LogP contribution in [-0.4, -0.2) is 70.4 Å². The quantitative estimate of drug-likeness (QED) is 0.260. The number of benzene rings is 2. The van der Waals surface area contributed by atoms with Gasteiger partial charge in [0.1, 0.15) is 11.8 Å². The second-order valence-electron chi connectivity index (χ2n) is 13.7. The number of ether oxygens (including phenoxy) is 1. The predicted molar refractivity (Wildman–Crippen MR) is 183 cm³/mol. The first-order valence-electron chi connectivity index (χ1n) is 15.4. The van der Waals surface area contributed by atoms with Crippen LogP contribution >= 0.6 is 0 Å². The maximum absolute atomic E-state index is 14.1. The molecule has 254 valence electrons. The number of sulfonamides is 1. The van der Waals surface area contributed by atoms with E-state index in [9.17, 15) is 22.8 Å². The van der Waals surface area contributed by atoms with Gasteiger partial charge in [-0.15, -0.1) is 0 Å². The van der Waals surface area contributed by atoms with Gasteiger partial charge in [-0.05, 0) is 48.6 Å². The van der Waals surface area contributed by atoms with E-state index in [-0.39, 0.29) is 29.1 Å². The number of methoxy groups -OCH3 is 1. The summed E-state index contributed by atoms with van der Waals surface area (Å²) < 4.78 is 32.8. The second kappa shape index (κ2) is 15.7. The van der Waals surface area contributed by atoms with Crippen LogP contribution in [0.4, 0.5) is 0 Å². The fraction of sp³-hybridized carbons (Fsp3) is 0.514. The fourth-order valence-corrected chi connectivity index (χ4v) is 6.51. The van der Waals surface area contributed by atoms with Gasteiger partial charge in [0.2, 0.25) is 21.8 Å². The van der Waals surface area contributed by atoms with E-state index in [2.05, 4.69) is 15.4 Å². The lowest BCUT2D eigenvalue weighted by Crippen LogP contribution is -2.61. The first-order valence-corrected chi connectivity index (χ1v) is 17.1. The van der Waals surface area contributed by atoms with E-state index in [1.54, 1.807) is 57.6 Å². The molecule has 0 aliphatic carbocycles. The van der Waals surface area contributed by atoms with Crippen molar-refractivity contribution in [3.8, 4) is 5.75 Å². The second-order valence-corrected chi connectivity index (χ2v) is 15.4. The van der Waals surface area contributed by atoms with Crippen LogP contribution in [0.1, 0.15) is 66.5 Å². The Kier molecular flexibility index (Phi) is 13.2. The van der Waals surface area contributed by atoms with Crippen molar-refractivity contribution in [1.29, 1.82) is 0 Å². The first kappa shape index (κ1) is 38.5. The van der Waals surface area contributed by atoms with Gasteiger partial charge in [0.15, 0.2) is 0 Å². The van der Waals surface area contributed by atoms with E-state index < -0.39 is 44.9 Å². The van der Waals surface area contributed by atoms with Gasteiger partial charge in [-0.25, -0.2) is 13.1 Å². The molecule has 3 amide bonds. The van der Waals surface area contributed by atoms with Gasteiger partial charge in [0, 0.05) is 18.0 Å². The van der Waals surface area contributed by atoms with Crippen molar-refractivity contribution in [1.82, 2.24) is 20.3 Å². The number of carbonyl (C=O) groups is 3. The van der Waals surface area contributed by atoms with Crippen molar-refractivity contribution in [2.24, 2.45) is 11.3 Å². The summed E-state index contributed by atoms with van der Waals surface area (Å²) in [6.45, 7) is 14.9. The van der Waals surface area contributed by atoms with Crippen LogP contribution in [0.15, 0.2) is 66.2 Å². The molecule has 2 rings (SSSR count). The van der Waals surface area contributed by atoms with Crippen molar-refractivity contribution in [2.75, 3.05) is 21.2 Å². The summed E-state index contributed by atoms with van der Waals surface area (Å²) in [7, 11) is 0.989. The average Bonchev–Trinajstić information content (AvgIpc) is 2.97. The Morgan fingerprint density at radius 1 is 0.935 bits per heavy atom. The van der Waals surface area contributed by atoms with Crippen molar-refractivity contribution >= 4 is 27.7 Å². The lowest BCUT2D eigenvalue weighted by molar-refractivity contribution is -0.140. The van der Waals surface area contributed by atoms with E-state index >= 15 is 0 Å². The van der Waals surface area contributed by atoms with Crippen LogP contribution in [0.5, 0.6) is 5.75 Å². The van der Waals surface area contributed by atoms with Crippen LogP contribution in [0, 0.1) is 11.3 Å². The number of likely N-dealkylation sites (N-methyl/N-ethyl adjacent to an activating group) is 2. The highest BCUT2D eigenvalue weighted by Crippen LogP contribution is 2.30. The first-order chi connectivity index (χ1) is 21.2. The number of hydrogen-bond acceptors (Lipinski definition) is 7. The summed E-state index contributed by atoms with van der Waals surface area (Å²) in [4.78, 5) is 42.4. The molecule has 0 saturated heterocycles. The van der Waals surface area contributed by atoms with E-state index in [4.69, 9.17) is 4.74 Å². The number of amides is 3. The zero-order chi connectivity index (χ0) is 35.0. The minimum atomic E-state index is -3.94. The molecule has 3 unspecified atom stereocenters. The maximum Gasteiger partial charge on any atom is 0.260 e. The van der Waals surface area contributed by atoms with E-state index in [0.29, 0.717) is 11.3 Å². The van der Waals surface area contributed by atoms with Gasteiger partial charge in [-0.3, -0.25) is 14.4 Å². The molecule has 0 bridgehead atoms. The van der Waals surface area contributed by atoms with Crippen LogP contribution in [0.3, 0.4) is 0 Å². The average molecular weight is 657 g/mol. The van der Waals surface area contributed by atoms with Crippen LogP contribution in [0.25, 0.3) is 0 Å². The van der Waals surface area contributed by atoms with Crippen LogP contribution < -0.4 is 20.1 Å². The smallest absolute Gasteiger partial charge is 0.260 e. The van der Waals surface area contributed by atoms with Crippen molar-refractivity contribution in [3.63, 3.8) is 0 Å². The standard InChI is InChI=1S/C35H52N4O6S/c1-23(2)28(21-24(3)31(40)38-46(43,44)22-25-15-13-12-14-16-25)39(10)33(42)30(34(4,5)6)37-32(41)29(36-9)35(7,8)26-17-19-27(45-11)20-18-26/h12-21,23,28-30,36H,22H2,1-11H3,(H,37,41)(H,38,40). The zero-order valence-electron chi connectivity index (χ0n) is 29.1. The predicted octanol–water partition coefficient (Wildman–Crippen LogP) is 4.17. The molecule has 0 fully saturated rings. The normalized spacial score (nSPS) is 14.7. The molecule has 0 aliphatic heterocycles. The summed E-state index contributed by atoms with van der Waals surface area (Å²) in [5.74, 6) is -1.19. The third-order valence-corrected chi connectivity index (χ3v) is 9.42. The van der Waals surface area contributed by atoms with Crippen molar-refractivity contribution < 1.29 is 27.5 Å². The van der Waals surface area contributed by atoms with Gasteiger partial charge in [-0.2, -0.15) is 0 Å². The molecule has 11 heteroatoms. The number of rotatable bonds is 14. The molecular formula is C35H52N4O6S. The van der Waals surface area contributed by atoms with Gasteiger partial charge < -0.3 is 20.3 Å². The third kappa shape index (κ3) is 10.2. The lowest BCUT2D eigenvalue weighted by Gasteiger charge is -2.40. The number of nitrogens with zero attached hydrogens (tertiary/aromatic N) is 1. The molecular weight excluding hydrogens is 604 g/mol. The highest BCUT2D eigenvalue weighted by molar-refractivity contribution is 7.89. The van der Waals surface area contributed by atoms with Crippen molar-refractivity contribution in [2.45, 2.75) is 84.7 Å². The molecule has 0 heterocycles. The summed E-state index contributed by atoms with van der Waals surface area (Å²) in [6.07, 6.45) is 1.60. The summed E-state index contributed by atoms with van der Waals surface area (Å²) in [5.41, 5.74) is 0.327. The third-order valence-electron chi connectivity index (χ3n) is 8.21. The van der Waals surface area contributed by atoms with Gasteiger partial charge >= 0.3 is 0 Å². The molecule has 0 spiro atoms. The molecule has 0 radical (unpaired) electrons. The Morgan fingerprint density at radius 2 is 1.50 bits per heavy atom. The molecule has 0 saturated carbocycles. The number of hydrogen-bond donors (Lipinski definition) is 3. The van der Waals surface area contributed by atoms with Crippen molar-refractivity contribution in [3.05, 3.63) is 77.4 Å². The van der Waals surface area contributed by atoms with Gasteiger partial charge in [0.05, 0.1) is 24.9 Å². The number of carbonyl (C=O) groups excluding carboxylic acids is 3. The number of nitrogens with one attached hydrogen (secondary N) is 3. The molecule has 0 aliphatic rings. The molecule has 3 N–H and O–H groups in total. The molecule has 0 aromatic heterocycles. The Hall–Kier alpha value is -3.70. The highest BCUT2D eigenvalue weighted by Gasteiger charge is 2.41. The van der Waals surface area contributed by atoms with E-state index in [1.807, 2.05) is 72.7 Å². The Balaban J connectivity index is 2.30. The largest absolute Gasteiger partial charge is 0.497 e. The van der Waals surface area contributed by atoms with E-state index in [0.717, 1.165) is 5.56 Å². The van der Waals surface area contributed by atoms with E-state index in [1.165, 1.54) is 11.8 Å². The molecule has 2 aromatic carbocycles. The topological polar surface area (TPSA) is 134 Å². The molecule has 10 nitrogen and oxygen atoms in total. The SMILES string of the molecule is CNC(C(=O)NC(C(=O)N(C)C(C=C(C)C(=O)NS(=O)(=O)Cc1ccccc1)C(C)C)C(C)(C)C)C(C)(C)c1ccc(OC)cc1. The maximum atomic E-state index is 14.1. The zero-order valence-corrected chi connectivity index (χ0v) is 29.9. The van der Waals surface area contributed by atoms with Gasteiger partial charge in [0.25, 0.3) is 5.91 Å². The Bertz CT molecular complexity index is 1480. The lowest BCUT2D eigenvalue weighted by atomic mass is 9.76. The van der Waals surface area contributed by atoms with Crippen LogP contribution in [-0.2, 0) is 35.6 Å². The highest BCUT2D eigenvalue weighted by atomic mass is 32.2. The van der Waals surface area contributed by atoms with Crippen LogP contribution in [0.2, 0.25) is 0 Å². The fourth-order valence-electron chi connectivity index (χ4n) is 5.37. The molecule has 2 aromatic rings. The van der Waals surface area contributed by atoms with Gasteiger partial charge in [-0.1, -0.05) is 97.0 Å². The Morgan fingerprint density at radius 3 is 1.98 bits per heavy atom. The molecule has 3 atom stereocenters.